The molecule has 1 N–H and O–H groups in total. The van der Waals surface area contributed by atoms with E-state index in [0.717, 1.165) is 29.3 Å². The molecule has 1 amide bonds. The first-order valence-electron chi connectivity index (χ1n) is 9.12. The molecule has 1 atom stereocenters. The molecule has 0 aliphatic carbocycles. The lowest BCUT2D eigenvalue weighted by Crippen LogP contribution is -2.55. The number of carbonyl (C=O) groups is 1. The van der Waals surface area contributed by atoms with Crippen molar-refractivity contribution in [3.8, 4) is 11.5 Å². The minimum atomic E-state index is -0.0114. The molecule has 27 heavy (non-hydrogen) atoms. The standard InChI is InChI=1S/C21H26N2O4/c1-16-13-22(14-17-5-3-8-20(11-17)27-10-9-24)15-21(25)23(16)18-6-4-7-19(12-18)26-2/h3-8,11-12,16,24H,9-10,13-15H2,1-2H3. The van der Waals surface area contributed by atoms with Crippen LogP contribution in [0, 0.1) is 0 Å². The Bertz CT molecular complexity index is 780. The number of aliphatic hydroxyl groups is 1. The van der Waals surface area contributed by atoms with Crippen molar-refractivity contribution < 1.29 is 19.4 Å². The van der Waals surface area contributed by atoms with E-state index >= 15 is 0 Å². The van der Waals surface area contributed by atoms with Gasteiger partial charge in [-0.25, -0.2) is 0 Å². The Balaban J connectivity index is 1.67. The lowest BCUT2D eigenvalue weighted by Gasteiger charge is -2.39. The number of carbonyl (C=O) groups excluding carboxylic acids is 1. The minimum Gasteiger partial charge on any atom is -0.497 e. The summed E-state index contributed by atoms with van der Waals surface area (Å²) in [6.07, 6.45) is 0. The van der Waals surface area contributed by atoms with Crippen LogP contribution in [0.5, 0.6) is 11.5 Å². The second kappa shape index (κ2) is 8.88. The highest BCUT2D eigenvalue weighted by Crippen LogP contribution is 2.26. The zero-order valence-corrected chi connectivity index (χ0v) is 15.8. The number of anilines is 1. The molecule has 0 saturated carbocycles. The number of benzene rings is 2. The van der Waals surface area contributed by atoms with Crippen molar-refractivity contribution in [2.75, 3.05) is 38.3 Å². The first-order chi connectivity index (χ1) is 13.1. The summed E-state index contributed by atoms with van der Waals surface area (Å²) in [5.74, 6) is 1.56. The normalized spacial score (nSPS) is 17.8. The van der Waals surface area contributed by atoms with E-state index in [1.807, 2.05) is 53.4 Å². The van der Waals surface area contributed by atoms with E-state index in [9.17, 15) is 4.79 Å². The number of amides is 1. The summed E-state index contributed by atoms with van der Waals surface area (Å²) in [6, 6.07) is 15.5. The average molecular weight is 370 g/mol. The molecular formula is C21H26N2O4. The molecular weight excluding hydrogens is 344 g/mol. The smallest absolute Gasteiger partial charge is 0.241 e. The molecule has 0 aromatic heterocycles. The van der Waals surface area contributed by atoms with Crippen LogP contribution in [-0.2, 0) is 11.3 Å². The van der Waals surface area contributed by atoms with Crippen LogP contribution in [0.25, 0.3) is 0 Å². The molecule has 1 heterocycles. The Kier molecular flexibility index (Phi) is 6.32. The quantitative estimate of drug-likeness (QED) is 0.810. The highest BCUT2D eigenvalue weighted by molar-refractivity contribution is 5.96. The molecule has 6 heteroatoms. The summed E-state index contributed by atoms with van der Waals surface area (Å²) in [5.41, 5.74) is 1.95. The predicted molar refractivity (Wildman–Crippen MR) is 104 cm³/mol. The molecule has 2 aromatic carbocycles. The zero-order chi connectivity index (χ0) is 19.2. The van der Waals surface area contributed by atoms with Crippen LogP contribution < -0.4 is 14.4 Å². The molecule has 2 aromatic rings. The van der Waals surface area contributed by atoms with Crippen molar-refractivity contribution in [2.24, 2.45) is 0 Å². The highest BCUT2D eigenvalue weighted by atomic mass is 16.5. The zero-order valence-electron chi connectivity index (χ0n) is 15.8. The molecule has 1 aliphatic heterocycles. The molecule has 144 valence electrons. The average Bonchev–Trinajstić information content (AvgIpc) is 2.66. The van der Waals surface area contributed by atoms with E-state index < -0.39 is 0 Å². The number of methoxy groups -OCH3 is 1. The van der Waals surface area contributed by atoms with Crippen molar-refractivity contribution in [3.05, 3.63) is 54.1 Å². The number of nitrogens with zero attached hydrogens (tertiary/aromatic N) is 2. The molecule has 3 rings (SSSR count). The Morgan fingerprint density at radius 3 is 2.67 bits per heavy atom. The summed E-state index contributed by atoms with van der Waals surface area (Å²) in [4.78, 5) is 16.8. The summed E-state index contributed by atoms with van der Waals surface area (Å²) in [5, 5.41) is 8.88. The second-order valence-corrected chi connectivity index (χ2v) is 6.70. The SMILES string of the molecule is COc1cccc(N2C(=O)CN(Cc3cccc(OCCO)c3)CC2C)c1. The summed E-state index contributed by atoms with van der Waals surface area (Å²) < 4.78 is 10.7. The maximum atomic E-state index is 12.8. The van der Waals surface area contributed by atoms with Crippen molar-refractivity contribution in [3.63, 3.8) is 0 Å². The molecule has 1 fully saturated rings. The number of ether oxygens (including phenoxy) is 2. The Hall–Kier alpha value is -2.57. The monoisotopic (exact) mass is 370 g/mol. The van der Waals surface area contributed by atoms with Gasteiger partial charge in [-0.1, -0.05) is 18.2 Å². The third-order valence-corrected chi connectivity index (χ3v) is 4.59. The van der Waals surface area contributed by atoms with Crippen molar-refractivity contribution in [1.82, 2.24) is 4.90 Å². The number of hydrogen-bond acceptors (Lipinski definition) is 5. The highest BCUT2D eigenvalue weighted by Gasteiger charge is 2.31. The number of hydrogen-bond donors (Lipinski definition) is 1. The van der Waals surface area contributed by atoms with Gasteiger partial charge in [-0.3, -0.25) is 9.69 Å². The lowest BCUT2D eigenvalue weighted by atomic mass is 10.1. The van der Waals surface area contributed by atoms with Gasteiger partial charge in [-0.2, -0.15) is 0 Å². The first kappa shape index (κ1) is 19.2. The van der Waals surface area contributed by atoms with Gasteiger partial charge < -0.3 is 19.5 Å². The fourth-order valence-corrected chi connectivity index (χ4v) is 3.47. The van der Waals surface area contributed by atoms with Crippen LogP contribution in [0.15, 0.2) is 48.5 Å². The molecule has 1 unspecified atom stereocenters. The van der Waals surface area contributed by atoms with E-state index in [1.54, 1.807) is 7.11 Å². The van der Waals surface area contributed by atoms with Gasteiger partial charge in [-0.15, -0.1) is 0 Å². The van der Waals surface area contributed by atoms with E-state index in [0.29, 0.717) is 13.1 Å². The Labute approximate surface area is 159 Å². The van der Waals surface area contributed by atoms with Gasteiger partial charge in [0.15, 0.2) is 0 Å². The minimum absolute atomic E-state index is 0.0114. The second-order valence-electron chi connectivity index (χ2n) is 6.70. The van der Waals surface area contributed by atoms with Gasteiger partial charge >= 0.3 is 0 Å². The predicted octanol–water partition coefficient (Wildman–Crippen LogP) is 2.30. The topological polar surface area (TPSA) is 62.2 Å². The van der Waals surface area contributed by atoms with Crippen LogP contribution in [0.3, 0.4) is 0 Å². The van der Waals surface area contributed by atoms with E-state index in [1.165, 1.54) is 0 Å². The maximum Gasteiger partial charge on any atom is 0.241 e. The van der Waals surface area contributed by atoms with Gasteiger partial charge in [0.05, 0.1) is 20.3 Å². The van der Waals surface area contributed by atoms with Gasteiger partial charge in [0.2, 0.25) is 5.91 Å². The summed E-state index contributed by atoms with van der Waals surface area (Å²) in [7, 11) is 1.63. The van der Waals surface area contributed by atoms with Gasteiger partial charge in [0.1, 0.15) is 18.1 Å². The molecule has 1 aliphatic rings. The van der Waals surface area contributed by atoms with Gasteiger partial charge in [-0.05, 0) is 36.8 Å². The maximum absolute atomic E-state index is 12.8. The molecule has 0 spiro atoms. The van der Waals surface area contributed by atoms with Crippen molar-refractivity contribution in [1.29, 1.82) is 0 Å². The van der Waals surface area contributed by atoms with Gasteiger partial charge in [0, 0.05) is 30.9 Å². The van der Waals surface area contributed by atoms with E-state index in [-0.39, 0.29) is 25.2 Å². The van der Waals surface area contributed by atoms with Crippen molar-refractivity contribution in [2.45, 2.75) is 19.5 Å². The van der Waals surface area contributed by atoms with Crippen LogP contribution in [0.2, 0.25) is 0 Å². The van der Waals surface area contributed by atoms with Crippen LogP contribution in [0.1, 0.15) is 12.5 Å². The van der Waals surface area contributed by atoms with E-state index in [4.69, 9.17) is 14.6 Å². The Morgan fingerprint density at radius 2 is 1.93 bits per heavy atom. The molecule has 0 radical (unpaired) electrons. The van der Waals surface area contributed by atoms with Crippen molar-refractivity contribution >= 4 is 11.6 Å². The largest absolute Gasteiger partial charge is 0.497 e. The number of rotatable bonds is 7. The Morgan fingerprint density at radius 1 is 1.15 bits per heavy atom. The fourth-order valence-electron chi connectivity index (χ4n) is 3.47. The fraction of sp³-hybridized carbons (Fsp3) is 0.381. The molecule has 6 nitrogen and oxygen atoms in total. The van der Waals surface area contributed by atoms with Crippen LogP contribution >= 0.6 is 0 Å². The van der Waals surface area contributed by atoms with Gasteiger partial charge in [0.25, 0.3) is 0 Å². The number of piperazine rings is 1. The molecule has 1 saturated heterocycles. The van der Waals surface area contributed by atoms with Crippen LogP contribution in [-0.4, -0.2) is 55.4 Å². The first-order valence-corrected chi connectivity index (χ1v) is 9.12. The summed E-state index contributed by atoms with van der Waals surface area (Å²) >= 11 is 0. The third kappa shape index (κ3) is 4.78. The number of aliphatic hydroxyl groups excluding tert-OH is 1. The van der Waals surface area contributed by atoms with E-state index in [2.05, 4.69) is 11.8 Å². The summed E-state index contributed by atoms with van der Waals surface area (Å²) in [6.45, 7) is 4.15. The third-order valence-electron chi connectivity index (χ3n) is 4.59. The molecule has 0 bridgehead atoms. The van der Waals surface area contributed by atoms with Crippen LogP contribution in [0.4, 0.5) is 5.69 Å². The lowest BCUT2D eigenvalue weighted by molar-refractivity contribution is -0.122.